The van der Waals surface area contributed by atoms with E-state index >= 15 is 0 Å². The molecular weight excluding hydrogens is 292 g/mol. The Morgan fingerprint density at radius 2 is 2.10 bits per heavy atom. The quantitative estimate of drug-likeness (QED) is 0.822. The van der Waals surface area contributed by atoms with E-state index in [1.54, 1.807) is 11.8 Å². The van der Waals surface area contributed by atoms with Gasteiger partial charge in [-0.25, -0.2) is 4.68 Å². The molecule has 0 amide bonds. The van der Waals surface area contributed by atoms with Gasteiger partial charge in [0.05, 0.1) is 16.8 Å². The van der Waals surface area contributed by atoms with Crippen LogP contribution in [0.4, 0.5) is 0 Å². The van der Waals surface area contributed by atoms with Crippen LogP contribution in [-0.4, -0.2) is 16.4 Å². The molecule has 0 bridgehead atoms. The third-order valence-corrected chi connectivity index (χ3v) is 4.85. The lowest BCUT2D eigenvalue weighted by Gasteiger charge is -2.24. The Balaban J connectivity index is 1.77. The fourth-order valence-corrected chi connectivity index (χ4v) is 3.34. The molecule has 2 heterocycles. The van der Waals surface area contributed by atoms with Crippen molar-refractivity contribution in [3.8, 4) is 0 Å². The fraction of sp³-hybridized carbons (Fsp3) is 0.400. The minimum Gasteiger partial charge on any atom is -0.357 e. The number of halogens is 1. The van der Waals surface area contributed by atoms with E-state index in [0.717, 1.165) is 30.2 Å². The molecule has 1 aliphatic heterocycles. The summed E-state index contributed by atoms with van der Waals surface area (Å²) in [5.41, 5.74) is 1.16. The Kier molecular flexibility index (Phi) is 4.34. The number of rotatable bonds is 3. The molecule has 0 spiro atoms. The molecule has 3 nitrogen and oxygen atoms in total. The number of hydrogen-bond acceptors (Lipinski definition) is 3. The van der Waals surface area contributed by atoms with Gasteiger partial charge in [0.2, 0.25) is 0 Å². The van der Waals surface area contributed by atoms with E-state index in [1.807, 2.05) is 35.1 Å². The zero-order valence-electron chi connectivity index (χ0n) is 11.4. The summed E-state index contributed by atoms with van der Waals surface area (Å²) in [4.78, 5) is 2.34. The first-order valence-corrected chi connectivity index (χ1v) is 8.02. The van der Waals surface area contributed by atoms with Crippen LogP contribution in [0.1, 0.15) is 31.2 Å². The molecule has 1 aromatic heterocycles. The van der Waals surface area contributed by atoms with Gasteiger partial charge in [0, 0.05) is 16.5 Å². The summed E-state index contributed by atoms with van der Waals surface area (Å²) in [5.74, 6) is 0. The monoisotopic (exact) mass is 308 g/mol. The van der Waals surface area contributed by atoms with Crippen LogP contribution in [0.25, 0.3) is 0 Å². The number of benzene rings is 1. The van der Waals surface area contributed by atoms with Crippen molar-refractivity contribution in [1.82, 2.24) is 9.78 Å². The molecule has 2 aromatic rings. The number of ether oxygens (including phenoxy) is 1. The molecule has 0 aliphatic carbocycles. The predicted molar refractivity (Wildman–Crippen MR) is 81.4 cm³/mol. The van der Waals surface area contributed by atoms with Gasteiger partial charge >= 0.3 is 0 Å². The fourth-order valence-electron chi connectivity index (χ4n) is 2.34. The first-order chi connectivity index (χ1) is 9.74. The van der Waals surface area contributed by atoms with E-state index in [2.05, 4.69) is 12.0 Å². The van der Waals surface area contributed by atoms with Crippen molar-refractivity contribution in [3.63, 3.8) is 0 Å². The Morgan fingerprint density at radius 1 is 1.30 bits per heavy atom. The van der Waals surface area contributed by atoms with Gasteiger partial charge in [-0.1, -0.05) is 23.4 Å². The summed E-state index contributed by atoms with van der Waals surface area (Å²) >= 11 is 7.62. The van der Waals surface area contributed by atoms with Crippen molar-refractivity contribution in [2.24, 2.45) is 0 Å². The summed E-state index contributed by atoms with van der Waals surface area (Å²) in [6.07, 6.45) is 5.44. The average Bonchev–Trinajstić information content (AvgIpc) is 2.84. The molecule has 106 valence electrons. The molecule has 1 saturated heterocycles. The van der Waals surface area contributed by atoms with E-state index in [0.29, 0.717) is 0 Å². The molecule has 1 unspecified atom stereocenters. The van der Waals surface area contributed by atoms with Crippen LogP contribution in [0.3, 0.4) is 0 Å². The van der Waals surface area contributed by atoms with Gasteiger partial charge in [0.25, 0.3) is 0 Å². The SMILES string of the molecule is Cc1c(Sc2ccc(Cl)cc2)cnn1C1CCCCO1. The van der Waals surface area contributed by atoms with Gasteiger partial charge in [-0.2, -0.15) is 5.10 Å². The first kappa shape index (κ1) is 14.0. The molecule has 20 heavy (non-hydrogen) atoms. The van der Waals surface area contributed by atoms with Gasteiger partial charge in [-0.15, -0.1) is 0 Å². The summed E-state index contributed by atoms with van der Waals surface area (Å²) < 4.78 is 7.81. The molecule has 1 aromatic carbocycles. The highest BCUT2D eigenvalue weighted by Crippen LogP contribution is 2.33. The highest BCUT2D eigenvalue weighted by atomic mass is 35.5. The maximum Gasteiger partial charge on any atom is 0.150 e. The van der Waals surface area contributed by atoms with Gasteiger partial charge in [0.15, 0.2) is 0 Å². The van der Waals surface area contributed by atoms with Crippen LogP contribution in [-0.2, 0) is 4.74 Å². The highest BCUT2D eigenvalue weighted by Gasteiger charge is 2.19. The van der Waals surface area contributed by atoms with Crippen LogP contribution in [0, 0.1) is 6.92 Å². The maximum absolute atomic E-state index is 5.91. The van der Waals surface area contributed by atoms with Gasteiger partial charge < -0.3 is 4.74 Å². The lowest BCUT2D eigenvalue weighted by Crippen LogP contribution is -2.20. The standard InChI is InChI=1S/C15H17ClN2OS/c1-11-14(20-13-7-5-12(16)6-8-13)10-17-18(11)15-4-2-3-9-19-15/h5-8,10,15H,2-4,9H2,1H3. The second-order valence-corrected chi connectivity index (χ2v) is 6.47. The van der Waals surface area contributed by atoms with Crippen molar-refractivity contribution >= 4 is 23.4 Å². The average molecular weight is 309 g/mol. The minimum absolute atomic E-state index is 0.100. The minimum atomic E-state index is 0.100. The van der Waals surface area contributed by atoms with E-state index in [1.165, 1.54) is 16.2 Å². The summed E-state index contributed by atoms with van der Waals surface area (Å²) in [5, 5.41) is 5.26. The Labute approximate surface area is 128 Å². The third-order valence-electron chi connectivity index (χ3n) is 3.47. The van der Waals surface area contributed by atoms with E-state index in [4.69, 9.17) is 16.3 Å². The predicted octanol–water partition coefficient (Wildman–Crippen LogP) is 4.70. The zero-order chi connectivity index (χ0) is 13.9. The van der Waals surface area contributed by atoms with Gasteiger partial charge in [-0.05, 0) is 50.5 Å². The van der Waals surface area contributed by atoms with Crippen LogP contribution < -0.4 is 0 Å². The van der Waals surface area contributed by atoms with Crippen LogP contribution in [0.2, 0.25) is 5.02 Å². The number of nitrogens with zero attached hydrogens (tertiary/aromatic N) is 2. The van der Waals surface area contributed by atoms with Crippen LogP contribution in [0.5, 0.6) is 0 Å². The second-order valence-electron chi connectivity index (χ2n) is 4.92. The lowest BCUT2D eigenvalue weighted by atomic mass is 10.2. The van der Waals surface area contributed by atoms with Crippen molar-refractivity contribution in [3.05, 3.63) is 41.2 Å². The normalized spacial score (nSPS) is 19.2. The topological polar surface area (TPSA) is 27.1 Å². The molecule has 1 aliphatic rings. The van der Waals surface area contributed by atoms with Crippen molar-refractivity contribution in [2.75, 3.05) is 6.61 Å². The Bertz CT molecular complexity index is 576. The zero-order valence-corrected chi connectivity index (χ0v) is 13.0. The third kappa shape index (κ3) is 3.03. The summed E-state index contributed by atoms with van der Waals surface area (Å²) in [7, 11) is 0. The van der Waals surface area contributed by atoms with Crippen molar-refractivity contribution in [2.45, 2.75) is 42.2 Å². The molecule has 1 atom stereocenters. The Morgan fingerprint density at radius 3 is 2.80 bits per heavy atom. The smallest absolute Gasteiger partial charge is 0.150 e. The van der Waals surface area contributed by atoms with E-state index in [9.17, 15) is 0 Å². The second kappa shape index (κ2) is 6.20. The largest absolute Gasteiger partial charge is 0.357 e. The summed E-state index contributed by atoms with van der Waals surface area (Å²) in [6, 6.07) is 7.88. The molecule has 3 rings (SSSR count). The first-order valence-electron chi connectivity index (χ1n) is 6.83. The number of aromatic nitrogens is 2. The lowest BCUT2D eigenvalue weighted by molar-refractivity contribution is -0.0408. The molecular formula is C15H17ClN2OS. The van der Waals surface area contributed by atoms with Crippen LogP contribution in [0.15, 0.2) is 40.3 Å². The van der Waals surface area contributed by atoms with Crippen molar-refractivity contribution in [1.29, 1.82) is 0 Å². The van der Waals surface area contributed by atoms with Gasteiger partial charge in [-0.3, -0.25) is 0 Å². The highest BCUT2D eigenvalue weighted by molar-refractivity contribution is 7.99. The van der Waals surface area contributed by atoms with E-state index < -0.39 is 0 Å². The van der Waals surface area contributed by atoms with Crippen LogP contribution >= 0.6 is 23.4 Å². The van der Waals surface area contributed by atoms with E-state index in [-0.39, 0.29) is 6.23 Å². The summed E-state index contributed by atoms with van der Waals surface area (Å²) in [6.45, 7) is 2.94. The molecule has 1 fully saturated rings. The molecule has 0 N–H and O–H groups in total. The van der Waals surface area contributed by atoms with Gasteiger partial charge in [0.1, 0.15) is 6.23 Å². The molecule has 0 saturated carbocycles. The van der Waals surface area contributed by atoms with Crippen molar-refractivity contribution < 1.29 is 4.74 Å². The molecule has 0 radical (unpaired) electrons. The number of hydrogen-bond donors (Lipinski definition) is 0. The Hall–Kier alpha value is -0.970. The molecule has 5 heteroatoms. The maximum atomic E-state index is 5.91.